The Morgan fingerprint density at radius 2 is 1.81 bits per heavy atom. The molecule has 4 aromatic rings. The number of hydrogen-bond donors (Lipinski definition) is 1. The molecule has 1 amide bonds. The van der Waals surface area contributed by atoms with Crippen molar-refractivity contribution in [1.82, 2.24) is 19.7 Å². The van der Waals surface area contributed by atoms with Crippen molar-refractivity contribution in [2.24, 2.45) is 0 Å². The highest BCUT2D eigenvalue weighted by molar-refractivity contribution is 7.98. The van der Waals surface area contributed by atoms with Crippen LogP contribution in [0.5, 0.6) is 0 Å². The van der Waals surface area contributed by atoms with Crippen LogP contribution in [0.25, 0.3) is 16.9 Å². The van der Waals surface area contributed by atoms with Crippen molar-refractivity contribution in [1.29, 1.82) is 0 Å². The first-order valence-corrected chi connectivity index (χ1v) is 10.6. The molecule has 0 spiro atoms. The summed E-state index contributed by atoms with van der Waals surface area (Å²) in [5.74, 6) is -0.357. The normalized spacial score (nSPS) is 11.4. The monoisotopic (exact) mass is 455 g/mol. The van der Waals surface area contributed by atoms with Crippen LogP contribution in [0.3, 0.4) is 0 Å². The zero-order valence-corrected chi connectivity index (χ0v) is 17.5. The first kappa shape index (κ1) is 21.6. The van der Waals surface area contributed by atoms with Gasteiger partial charge in [-0.1, -0.05) is 0 Å². The van der Waals surface area contributed by atoms with E-state index in [9.17, 15) is 18.0 Å². The van der Waals surface area contributed by atoms with Crippen molar-refractivity contribution in [2.45, 2.75) is 11.2 Å². The second-order valence-corrected chi connectivity index (χ2v) is 7.42. The lowest BCUT2D eigenvalue weighted by Gasteiger charge is -2.11. The summed E-state index contributed by atoms with van der Waals surface area (Å²) in [6.45, 7) is 0. The van der Waals surface area contributed by atoms with Crippen molar-refractivity contribution in [2.75, 3.05) is 11.6 Å². The molecule has 0 aliphatic heterocycles. The van der Waals surface area contributed by atoms with Crippen molar-refractivity contribution in [3.05, 3.63) is 84.4 Å². The van der Waals surface area contributed by atoms with Gasteiger partial charge in [-0.3, -0.25) is 9.78 Å². The minimum atomic E-state index is -4.60. The quantitative estimate of drug-likeness (QED) is 0.412. The number of hydrogen-bond acceptors (Lipinski definition) is 5. The third-order valence-corrected chi connectivity index (χ3v) is 5.25. The molecule has 3 aromatic heterocycles. The second kappa shape index (κ2) is 8.83. The van der Waals surface area contributed by atoms with Gasteiger partial charge in [0.15, 0.2) is 0 Å². The smallest absolute Gasteiger partial charge is 0.322 e. The average Bonchev–Trinajstić information content (AvgIpc) is 3.26. The molecule has 0 aliphatic rings. The SMILES string of the molecule is CSc1ncccc1C(=O)Nc1ccc(-n2nc(-c3cccnc3)cc2C(F)(F)F)cc1. The Balaban J connectivity index is 1.63. The number of carbonyl (C=O) groups excluding carboxylic acids is 1. The van der Waals surface area contributed by atoms with E-state index in [-0.39, 0.29) is 17.3 Å². The zero-order chi connectivity index (χ0) is 22.7. The van der Waals surface area contributed by atoms with Gasteiger partial charge in [-0.25, -0.2) is 9.67 Å². The van der Waals surface area contributed by atoms with E-state index in [4.69, 9.17) is 0 Å². The average molecular weight is 455 g/mol. The number of aromatic nitrogens is 4. The highest BCUT2D eigenvalue weighted by Gasteiger charge is 2.36. The van der Waals surface area contributed by atoms with Gasteiger partial charge in [0.2, 0.25) is 0 Å². The number of carbonyl (C=O) groups is 1. The molecule has 4 rings (SSSR count). The third kappa shape index (κ3) is 4.50. The lowest BCUT2D eigenvalue weighted by Crippen LogP contribution is -2.14. The molecule has 10 heteroatoms. The van der Waals surface area contributed by atoms with Gasteiger partial charge in [0, 0.05) is 29.8 Å². The molecule has 162 valence electrons. The largest absolute Gasteiger partial charge is 0.433 e. The van der Waals surface area contributed by atoms with Crippen LogP contribution in [0.4, 0.5) is 18.9 Å². The molecule has 1 N–H and O–H groups in total. The standard InChI is InChI=1S/C22H16F3N5OS/c1-32-21-17(5-3-11-27-21)20(31)28-15-6-8-16(9-7-15)30-19(22(23,24)25)12-18(29-30)14-4-2-10-26-13-14/h2-13H,1H3,(H,28,31). The number of nitrogens with one attached hydrogen (secondary N) is 1. The van der Waals surface area contributed by atoms with Crippen LogP contribution in [0.1, 0.15) is 16.1 Å². The summed E-state index contributed by atoms with van der Waals surface area (Å²) in [6, 6.07) is 13.5. The highest BCUT2D eigenvalue weighted by Crippen LogP contribution is 2.34. The van der Waals surface area contributed by atoms with E-state index in [1.807, 2.05) is 6.26 Å². The minimum Gasteiger partial charge on any atom is -0.322 e. The van der Waals surface area contributed by atoms with Gasteiger partial charge in [0.1, 0.15) is 10.7 Å². The lowest BCUT2D eigenvalue weighted by atomic mass is 10.2. The van der Waals surface area contributed by atoms with Crippen LogP contribution in [0.2, 0.25) is 0 Å². The van der Waals surface area contributed by atoms with Gasteiger partial charge in [-0.15, -0.1) is 11.8 Å². The Hall–Kier alpha value is -3.66. The maximum atomic E-state index is 13.6. The van der Waals surface area contributed by atoms with E-state index < -0.39 is 11.9 Å². The summed E-state index contributed by atoms with van der Waals surface area (Å²) in [5.41, 5.74) is 0.773. The second-order valence-electron chi connectivity index (χ2n) is 6.63. The molecular weight excluding hydrogens is 439 g/mol. The van der Waals surface area contributed by atoms with E-state index in [2.05, 4.69) is 20.4 Å². The van der Waals surface area contributed by atoms with E-state index in [0.717, 1.165) is 10.7 Å². The zero-order valence-electron chi connectivity index (χ0n) is 16.7. The number of halogens is 3. The maximum absolute atomic E-state index is 13.6. The first-order valence-electron chi connectivity index (χ1n) is 9.35. The number of alkyl halides is 3. The molecule has 0 unspecified atom stereocenters. The topological polar surface area (TPSA) is 72.7 Å². The lowest BCUT2D eigenvalue weighted by molar-refractivity contribution is -0.142. The maximum Gasteiger partial charge on any atom is 0.433 e. The summed E-state index contributed by atoms with van der Waals surface area (Å²) in [5, 5.41) is 7.45. The fourth-order valence-electron chi connectivity index (χ4n) is 3.05. The number of benzene rings is 1. The fourth-order valence-corrected chi connectivity index (χ4v) is 3.59. The van der Waals surface area contributed by atoms with Gasteiger partial charge in [0.05, 0.1) is 16.9 Å². The number of anilines is 1. The molecule has 0 bridgehead atoms. The molecule has 0 aliphatic carbocycles. The number of pyridine rings is 2. The molecule has 0 radical (unpaired) electrons. The molecule has 3 heterocycles. The van der Waals surface area contributed by atoms with Crippen molar-refractivity contribution >= 4 is 23.4 Å². The van der Waals surface area contributed by atoms with E-state index in [1.54, 1.807) is 30.5 Å². The van der Waals surface area contributed by atoms with Crippen LogP contribution >= 0.6 is 11.8 Å². The van der Waals surface area contributed by atoms with Gasteiger partial charge in [-0.05, 0) is 60.9 Å². The highest BCUT2D eigenvalue weighted by atomic mass is 32.2. The fraction of sp³-hybridized carbons (Fsp3) is 0.0909. The molecule has 1 aromatic carbocycles. The van der Waals surface area contributed by atoms with Gasteiger partial charge in [0.25, 0.3) is 5.91 Å². The summed E-state index contributed by atoms with van der Waals surface area (Å²) >= 11 is 1.34. The van der Waals surface area contributed by atoms with Crippen molar-refractivity contribution in [3.8, 4) is 16.9 Å². The summed E-state index contributed by atoms with van der Waals surface area (Å²) in [7, 11) is 0. The number of nitrogens with zero attached hydrogens (tertiary/aromatic N) is 4. The Labute approximate surface area is 185 Å². The summed E-state index contributed by atoms with van der Waals surface area (Å²) < 4.78 is 41.7. The van der Waals surface area contributed by atoms with Crippen LogP contribution in [-0.4, -0.2) is 31.9 Å². The van der Waals surface area contributed by atoms with Crippen LogP contribution in [-0.2, 0) is 6.18 Å². The number of amides is 1. The van der Waals surface area contributed by atoms with Crippen LogP contribution in [0.15, 0.2) is 78.2 Å². The summed E-state index contributed by atoms with van der Waals surface area (Å²) in [4.78, 5) is 20.6. The Morgan fingerprint density at radius 3 is 2.47 bits per heavy atom. The predicted molar refractivity (Wildman–Crippen MR) is 116 cm³/mol. The number of thioether (sulfide) groups is 1. The summed E-state index contributed by atoms with van der Waals surface area (Å²) in [6.07, 6.45) is 1.79. The molecule has 0 atom stereocenters. The third-order valence-electron chi connectivity index (χ3n) is 4.54. The van der Waals surface area contributed by atoms with E-state index >= 15 is 0 Å². The van der Waals surface area contributed by atoms with Crippen molar-refractivity contribution < 1.29 is 18.0 Å². The van der Waals surface area contributed by atoms with Crippen LogP contribution in [0, 0.1) is 0 Å². The number of rotatable bonds is 5. The molecule has 6 nitrogen and oxygen atoms in total. The molecular formula is C22H16F3N5OS. The minimum absolute atomic E-state index is 0.156. The Morgan fingerprint density at radius 1 is 1.06 bits per heavy atom. The van der Waals surface area contributed by atoms with Gasteiger partial charge < -0.3 is 5.32 Å². The molecule has 32 heavy (non-hydrogen) atoms. The molecule has 0 saturated carbocycles. The van der Waals surface area contributed by atoms with Gasteiger partial charge >= 0.3 is 6.18 Å². The predicted octanol–water partition coefficient (Wildman–Crippen LogP) is 5.32. The Bertz CT molecular complexity index is 1240. The van der Waals surface area contributed by atoms with E-state index in [1.165, 1.54) is 48.4 Å². The van der Waals surface area contributed by atoms with E-state index in [0.29, 0.717) is 21.8 Å². The van der Waals surface area contributed by atoms with Gasteiger partial charge in [-0.2, -0.15) is 18.3 Å². The molecule has 0 saturated heterocycles. The Kier molecular flexibility index (Phi) is 5.95. The van der Waals surface area contributed by atoms with Crippen LogP contribution < -0.4 is 5.32 Å². The first-order chi connectivity index (χ1) is 15.4. The molecule has 0 fully saturated rings. The van der Waals surface area contributed by atoms with Crippen molar-refractivity contribution in [3.63, 3.8) is 0 Å².